The van der Waals surface area contributed by atoms with E-state index in [2.05, 4.69) is 34.1 Å². The van der Waals surface area contributed by atoms with Gasteiger partial charge >= 0.3 is 0 Å². The predicted octanol–water partition coefficient (Wildman–Crippen LogP) is 3.88. The monoisotopic (exact) mass is 363 g/mol. The number of amides is 1. The fourth-order valence-corrected chi connectivity index (χ4v) is 4.54. The molecule has 0 aliphatic carbocycles. The molecule has 5 rings (SSSR count). The Kier molecular flexibility index (Phi) is 3.69. The number of carbonyl (C=O) groups is 1. The van der Waals surface area contributed by atoms with Crippen LogP contribution in [0.5, 0.6) is 0 Å². The highest BCUT2D eigenvalue weighted by Crippen LogP contribution is 2.39. The zero-order chi connectivity index (χ0) is 17.7. The number of para-hydroxylation sites is 2. The van der Waals surface area contributed by atoms with Crippen molar-refractivity contribution in [3.8, 4) is 0 Å². The summed E-state index contributed by atoms with van der Waals surface area (Å²) in [5.74, 6) is 0.155. The van der Waals surface area contributed by atoms with Gasteiger partial charge in [-0.05, 0) is 30.2 Å². The third kappa shape index (κ3) is 2.41. The van der Waals surface area contributed by atoms with Crippen LogP contribution in [0.3, 0.4) is 0 Å². The van der Waals surface area contributed by atoms with E-state index in [1.807, 2.05) is 41.4 Å². The van der Waals surface area contributed by atoms with E-state index in [0.717, 1.165) is 36.1 Å². The molecule has 1 aromatic heterocycles. The summed E-state index contributed by atoms with van der Waals surface area (Å²) in [7, 11) is 0. The standard InChI is InChI=1S/C21H18ClN3O/c22-17-8-1-2-9-18(17)25-16-11-19(21(25)26)24(13-16)12-15-6-3-5-14-7-4-10-23-20(14)15/h1-10,16,19H,11-13H2/t16-,19-/m0/s1. The van der Waals surface area contributed by atoms with Crippen LogP contribution in [0.1, 0.15) is 12.0 Å². The molecule has 0 saturated carbocycles. The lowest BCUT2D eigenvalue weighted by Crippen LogP contribution is -2.50. The number of nitrogens with zero attached hydrogens (tertiary/aromatic N) is 3. The van der Waals surface area contributed by atoms with Crippen molar-refractivity contribution >= 4 is 34.1 Å². The third-order valence-electron chi connectivity index (χ3n) is 5.47. The quantitative estimate of drug-likeness (QED) is 0.708. The first-order valence-electron chi connectivity index (χ1n) is 8.86. The molecule has 2 aliphatic heterocycles. The van der Waals surface area contributed by atoms with E-state index in [-0.39, 0.29) is 18.0 Å². The second-order valence-corrected chi connectivity index (χ2v) is 7.39. The zero-order valence-corrected chi connectivity index (χ0v) is 14.9. The smallest absolute Gasteiger partial charge is 0.244 e. The maximum absolute atomic E-state index is 13.0. The van der Waals surface area contributed by atoms with Crippen LogP contribution in [0.2, 0.25) is 5.02 Å². The number of likely N-dealkylation sites (tertiary alicyclic amines) is 1. The fourth-order valence-electron chi connectivity index (χ4n) is 4.31. The molecule has 3 heterocycles. The Balaban J connectivity index is 1.42. The van der Waals surface area contributed by atoms with E-state index in [9.17, 15) is 4.79 Å². The molecule has 130 valence electrons. The Morgan fingerprint density at radius 1 is 1.08 bits per heavy atom. The lowest BCUT2D eigenvalue weighted by molar-refractivity contribution is -0.122. The lowest BCUT2D eigenvalue weighted by Gasteiger charge is -2.34. The van der Waals surface area contributed by atoms with Crippen LogP contribution >= 0.6 is 11.6 Å². The summed E-state index contributed by atoms with van der Waals surface area (Å²) in [5, 5.41) is 1.77. The molecule has 2 fully saturated rings. The number of aromatic nitrogens is 1. The van der Waals surface area contributed by atoms with Crippen molar-refractivity contribution in [2.24, 2.45) is 0 Å². The topological polar surface area (TPSA) is 36.4 Å². The first kappa shape index (κ1) is 15.8. The summed E-state index contributed by atoms with van der Waals surface area (Å²) >= 11 is 6.32. The number of rotatable bonds is 3. The highest BCUT2D eigenvalue weighted by molar-refractivity contribution is 6.34. The minimum atomic E-state index is -0.0739. The van der Waals surface area contributed by atoms with Crippen molar-refractivity contribution < 1.29 is 4.79 Å². The molecule has 2 aliphatic rings. The van der Waals surface area contributed by atoms with Crippen molar-refractivity contribution in [2.75, 3.05) is 11.4 Å². The summed E-state index contributed by atoms with van der Waals surface area (Å²) in [6.07, 6.45) is 2.69. The molecule has 0 radical (unpaired) electrons. The van der Waals surface area contributed by atoms with E-state index in [0.29, 0.717) is 5.02 Å². The molecule has 1 amide bonds. The molecular formula is C21H18ClN3O. The second kappa shape index (κ2) is 6.08. The molecular weight excluding hydrogens is 346 g/mol. The molecule has 2 bridgehead atoms. The van der Waals surface area contributed by atoms with E-state index in [1.165, 1.54) is 5.56 Å². The van der Waals surface area contributed by atoms with E-state index in [1.54, 1.807) is 0 Å². The van der Waals surface area contributed by atoms with Gasteiger partial charge in [-0.1, -0.05) is 48.0 Å². The van der Waals surface area contributed by atoms with E-state index < -0.39 is 0 Å². The summed E-state index contributed by atoms with van der Waals surface area (Å²) < 4.78 is 0. The summed E-state index contributed by atoms with van der Waals surface area (Å²) in [6.45, 7) is 1.61. The molecule has 0 N–H and O–H groups in total. The molecule has 3 aromatic rings. The van der Waals surface area contributed by atoms with Crippen LogP contribution in [0.15, 0.2) is 60.8 Å². The number of halogens is 1. The molecule has 5 heteroatoms. The summed E-state index contributed by atoms with van der Waals surface area (Å²) in [5.41, 5.74) is 3.03. The van der Waals surface area contributed by atoms with Crippen LogP contribution in [-0.4, -0.2) is 34.4 Å². The second-order valence-electron chi connectivity index (χ2n) is 6.99. The van der Waals surface area contributed by atoms with Crippen molar-refractivity contribution in [3.05, 3.63) is 71.4 Å². The normalized spacial score (nSPS) is 22.5. The van der Waals surface area contributed by atoms with Gasteiger partial charge in [0, 0.05) is 24.7 Å². The van der Waals surface area contributed by atoms with Crippen molar-refractivity contribution in [1.82, 2.24) is 9.88 Å². The Morgan fingerprint density at radius 2 is 1.92 bits per heavy atom. The summed E-state index contributed by atoms with van der Waals surface area (Å²) in [4.78, 5) is 21.7. The minimum absolute atomic E-state index is 0.0739. The highest BCUT2D eigenvalue weighted by Gasteiger charge is 2.50. The van der Waals surface area contributed by atoms with Gasteiger partial charge in [-0.3, -0.25) is 14.7 Å². The number of hydrogen-bond acceptors (Lipinski definition) is 3. The number of piperazine rings is 1. The van der Waals surface area contributed by atoms with Gasteiger partial charge in [0.05, 0.1) is 28.3 Å². The minimum Gasteiger partial charge on any atom is -0.305 e. The first-order valence-corrected chi connectivity index (χ1v) is 9.24. The lowest BCUT2D eigenvalue weighted by atomic mass is 10.1. The van der Waals surface area contributed by atoms with Crippen LogP contribution in [-0.2, 0) is 11.3 Å². The SMILES string of the molecule is O=C1[C@@H]2C[C@@H](CN2Cc2cccc3cccnc23)N1c1ccccc1Cl. The van der Waals surface area contributed by atoms with Crippen LogP contribution in [0.4, 0.5) is 5.69 Å². The molecule has 26 heavy (non-hydrogen) atoms. The maximum Gasteiger partial charge on any atom is 0.244 e. The third-order valence-corrected chi connectivity index (χ3v) is 5.79. The van der Waals surface area contributed by atoms with Gasteiger partial charge in [0.1, 0.15) is 0 Å². The van der Waals surface area contributed by atoms with Gasteiger partial charge in [-0.15, -0.1) is 0 Å². The Labute approximate surface area is 157 Å². The van der Waals surface area contributed by atoms with E-state index >= 15 is 0 Å². The largest absolute Gasteiger partial charge is 0.305 e. The van der Waals surface area contributed by atoms with Crippen LogP contribution in [0.25, 0.3) is 10.9 Å². The number of pyridine rings is 1. The van der Waals surface area contributed by atoms with Crippen molar-refractivity contribution in [3.63, 3.8) is 0 Å². The number of benzene rings is 2. The van der Waals surface area contributed by atoms with Crippen molar-refractivity contribution in [2.45, 2.75) is 25.0 Å². The van der Waals surface area contributed by atoms with Gasteiger partial charge < -0.3 is 4.90 Å². The van der Waals surface area contributed by atoms with Gasteiger partial charge in [-0.2, -0.15) is 0 Å². The van der Waals surface area contributed by atoms with Crippen LogP contribution in [0, 0.1) is 0 Å². The average molecular weight is 364 g/mol. The number of fused-ring (bicyclic) bond motifs is 3. The summed E-state index contributed by atoms with van der Waals surface area (Å²) in [6, 6.07) is 18.0. The Bertz CT molecular complexity index is 1000. The number of hydrogen-bond donors (Lipinski definition) is 0. The predicted molar refractivity (Wildman–Crippen MR) is 103 cm³/mol. The Hall–Kier alpha value is -2.43. The average Bonchev–Trinajstić information content (AvgIpc) is 3.20. The number of carbonyl (C=O) groups excluding carboxylic acids is 1. The molecule has 4 nitrogen and oxygen atoms in total. The molecule has 2 aromatic carbocycles. The molecule has 2 atom stereocenters. The van der Waals surface area contributed by atoms with Gasteiger partial charge in [0.2, 0.25) is 5.91 Å². The Morgan fingerprint density at radius 3 is 2.77 bits per heavy atom. The van der Waals surface area contributed by atoms with E-state index in [4.69, 9.17) is 11.6 Å². The van der Waals surface area contributed by atoms with Crippen molar-refractivity contribution in [1.29, 1.82) is 0 Å². The molecule has 0 unspecified atom stereocenters. The fraction of sp³-hybridized carbons (Fsp3) is 0.238. The van der Waals surface area contributed by atoms with Gasteiger partial charge in [0.25, 0.3) is 0 Å². The molecule has 2 saturated heterocycles. The maximum atomic E-state index is 13.0. The zero-order valence-electron chi connectivity index (χ0n) is 14.2. The first-order chi connectivity index (χ1) is 12.7. The number of anilines is 1. The van der Waals surface area contributed by atoms with Gasteiger partial charge in [-0.25, -0.2) is 0 Å². The molecule has 0 spiro atoms. The van der Waals surface area contributed by atoms with Crippen LogP contribution < -0.4 is 4.90 Å². The highest BCUT2D eigenvalue weighted by atomic mass is 35.5. The van der Waals surface area contributed by atoms with Gasteiger partial charge in [0.15, 0.2) is 0 Å².